The second-order valence-electron chi connectivity index (χ2n) is 4.76. The van der Waals surface area contributed by atoms with Crippen molar-refractivity contribution in [3.05, 3.63) is 23.8 Å². The number of rotatable bonds is 4. The molecule has 0 saturated carbocycles. The van der Waals surface area contributed by atoms with Crippen molar-refractivity contribution in [3.8, 4) is 0 Å². The van der Waals surface area contributed by atoms with Gasteiger partial charge in [0.25, 0.3) is 0 Å². The lowest BCUT2D eigenvalue weighted by molar-refractivity contribution is -0.120. The number of carbonyl (C=O) groups excluding carboxylic acids is 2. The third-order valence-electron chi connectivity index (χ3n) is 3.15. The van der Waals surface area contributed by atoms with Crippen LogP contribution in [0, 0.1) is 11.8 Å². The smallest absolute Gasteiger partial charge is 0.158 e. The maximum atomic E-state index is 11.8. The number of ketones is 2. The van der Waals surface area contributed by atoms with Crippen molar-refractivity contribution in [2.75, 3.05) is 0 Å². The third-order valence-corrected chi connectivity index (χ3v) is 3.15. The van der Waals surface area contributed by atoms with Gasteiger partial charge in [-0.15, -0.1) is 0 Å². The Morgan fingerprint density at radius 3 is 2.88 bits per heavy atom. The fraction of sp³-hybridized carbons (Fsp3) is 0.571. The minimum absolute atomic E-state index is 0.0675. The maximum absolute atomic E-state index is 11.8. The van der Waals surface area contributed by atoms with Gasteiger partial charge in [0.2, 0.25) is 0 Å². The molecule has 1 aliphatic rings. The van der Waals surface area contributed by atoms with E-state index in [2.05, 4.69) is 6.92 Å². The Hall–Kier alpha value is -1.18. The summed E-state index contributed by atoms with van der Waals surface area (Å²) in [6.07, 6.45) is 8.03. The van der Waals surface area contributed by atoms with Crippen LogP contribution in [-0.2, 0) is 9.59 Å². The van der Waals surface area contributed by atoms with E-state index >= 15 is 0 Å². The summed E-state index contributed by atoms with van der Waals surface area (Å²) in [5.41, 5.74) is 1.19. The van der Waals surface area contributed by atoms with E-state index in [1.807, 2.05) is 13.0 Å². The van der Waals surface area contributed by atoms with Crippen LogP contribution in [0.15, 0.2) is 23.8 Å². The van der Waals surface area contributed by atoms with Crippen molar-refractivity contribution in [1.29, 1.82) is 0 Å². The highest BCUT2D eigenvalue weighted by Gasteiger charge is 2.25. The number of hydrogen-bond acceptors (Lipinski definition) is 2. The molecule has 0 aliphatic heterocycles. The van der Waals surface area contributed by atoms with E-state index in [0.29, 0.717) is 5.92 Å². The Balaban J connectivity index is 2.52. The molecule has 0 amide bonds. The lowest BCUT2D eigenvalue weighted by Gasteiger charge is -2.24. The molecule has 0 saturated heterocycles. The van der Waals surface area contributed by atoms with Crippen LogP contribution < -0.4 is 0 Å². The fourth-order valence-corrected chi connectivity index (χ4v) is 2.13. The van der Waals surface area contributed by atoms with Crippen molar-refractivity contribution >= 4 is 11.6 Å². The van der Waals surface area contributed by atoms with E-state index in [1.54, 1.807) is 19.1 Å². The van der Waals surface area contributed by atoms with Gasteiger partial charge < -0.3 is 0 Å². The Morgan fingerprint density at radius 2 is 2.31 bits per heavy atom. The molecule has 2 atom stereocenters. The van der Waals surface area contributed by atoms with E-state index in [4.69, 9.17) is 0 Å². The van der Waals surface area contributed by atoms with Crippen LogP contribution in [-0.4, -0.2) is 11.6 Å². The topological polar surface area (TPSA) is 34.1 Å². The highest BCUT2D eigenvalue weighted by molar-refractivity contribution is 5.93. The van der Waals surface area contributed by atoms with Crippen LogP contribution in [0.5, 0.6) is 0 Å². The Bertz CT molecular complexity index is 337. The fourth-order valence-electron chi connectivity index (χ4n) is 2.13. The highest BCUT2D eigenvalue weighted by atomic mass is 16.1. The molecule has 1 aliphatic carbocycles. The average Bonchev–Trinajstić information content (AvgIpc) is 2.16. The van der Waals surface area contributed by atoms with Crippen LogP contribution in [0.2, 0.25) is 0 Å². The van der Waals surface area contributed by atoms with Gasteiger partial charge in [0.15, 0.2) is 11.6 Å². The van der Waals surface area contributed by atoms with Gasteiger partial charge in [0, 0.05) is 5.92 Å². The number of allylic oxidation sites excluding steroid dienone is 4. The molecule has 0 N–H and O–H groups in total. The largest absolute Gasteiger partial charge is 0.295 e. The van der Waals surface area contributed by atoms with Gasteiger partial charge in [-0.05, 0) is 51.2 Å². The van der Waals surface area contributed by atoms with Crippen molar-refractivity contribution in [1.82, 2.24) is 0 Å². The quantitative estimate of drug-likeness (QED) is 0.682. The first-order valence-corrected chi connectivity index (χ1v) is 5.89. The molecule has 0 spiro atoms. The van der Waals surface area contributed by atoms with Crippen LogP contribution in [0.4, 0.5) is 0 Å². The summed E-state index contributed by atoms with van der Waals surface area (Å²) in [4.78, 5) is 22.5. The van der Waals surface area contributed by atoms with Crippen molar-refractivity contribution in [2.24, 2.45) is 11.8 Å². The van der Waals surface area contributed by atoms with E-state index in [1.165, 1.54) is 5.57 Å². The SMILES string of the molecule is CC(=O)/C=C/C[C@@H](C)[C@H]1CCC(C)=CC1=O. The minimum atomic E-state index is 0.0675. The lowest BCUT2D eigenvalue weighted by Crippen LogP contribution is -2.23. The zero-order valence-electron chi connectivity index (χ0n) is 10.3. The molecule has 0 bridgehead atoms. The number of carbonyl (C=O) groups is 2. The van der Waals surface area contributed by atoms with E-state index in [0.717, 1.165) is 19.3 Å². The summed E-state index contributed by atoms with van der Waals surface area (Å²) >= 11 is 0. The highest BCUT2D eigenvalue weighted by Crippen LogP contribution is 2.28. The maximum Gasteiger partial charge on any atom is 0.158 e. The molecule has 2 heteroatoms. The number of hydrogen-bond donors (Lipinski definition) is 0. The van der Waals surface area contributed by atoms with Gasteiger partial charge in [-0.2, -0.15) is 0 Å². The molecule has 0 aromatic rings. The van der Waals surface area contributed by atoms with E-state index in [9.17, 15) is 9.59 Å². The summed E-state index contributed by atoms with van der Waals surface area (Å²) < 4.78 is 0. The first-order valence-electron chi connectivity index (χ1n) is 5.89. The average molecular weight is 220 g/mol. The van der Waals surface area contributed by atoms with Gasteiger partial charge >= 0.3 is 0 Å². The van der Waals surface area contributed by atoms with Crippen LogP contribution in [0.25, 0.3) is 0 Å². The zero-order chi connectivity index (χ0) is 12.1. The molecule has 0 radical (unpaired) electrons. The first kappa shape index (κ1) is 12.9. The first-order chi connectivity index (χ1) is 7.50. The van der Waals surface area contributed by atoms with Gasteiger partial charge in [-0.3, -0.25) is 9.59 Å². The molecule has 0 aromatic carbocycles. The van der Waals surface area contributed by atoms with Crippen molar-refractivity contribution in [2.45, 2.75) is 40.0 Å². The minimum Gasteiger partial charge on any atom is -0.295 e. The molecule has 1 rings (SSSR count). The molecule has 0 unspecified atom stereocenters. The van der Waals surface area contributed by atoms with Gasteiger partial charge in [-0.1, -0.05) is 18.6 Å². The molecule has 16 heavy (non-hydrogen) atoms. The van der Waals surface area contributed by atoms with Crippen LogP contribution in [0.1, 0.15) is 40.0 Å². The predicted octanol–water partition coefficient (Wildman–Crippen LogP) is 3.08. The summed E-state index contributed by atoms with van der Waals surface area (Å²) in [5.74, 6) is 0.790. The summed E-state index contributed by atoms with van der Waals surface area (Å²) in [5, 5.41) is 0. The van der Waals surface area contributed by atoms with Gasteiger partial charge in [0.1, 0.15) is 0 Å². The molecule has 2 nitrogen and oxygen atoms in total. The molecule has 88 valence electrons. The van der Waals surface area contributed by atoms with Crippen LogP contribution >= 0.6 is 0 Å². The predicted molar refractivity (Wildman–Crippen MR) is 65.1 cm³/mol. The Kier molecular flexibility index (Phi) is 4.66. The van der Waals surface area contributed by atoms with E-state index < -0.39 is 0 Å². The lowest BCUT2D eigenvalue weighted by atomic mass is 9.79. The summed E-state index contributed by atoms with van der Waals surface area (Å²) in [6, 6.07) is 0. The zero-order valence-corrected chi connectivity index (χ0v) is 10.3. The normalized spacial score (nSPS) is 23.3. The second kappa shape index (κ2) is 5.78. The Labute approximate surface area is 97.4 Å². The van der Waals surface area contributed by atoms with Crippen LogP contribution in [0.3, 0.4) is 0 Å². The van der Waals surface area contributed by atoms with Gasteiger partial charge in [-0.25, -0.2) is 0 Å². The third kappa shape index (κ3) is 3.76. The van der Waals surface area contributed by atoms with Crippen molar-refractivity contribution in [3.63, 3.8) is 0 Å². The van der Waals surface area contributed by atoms with E-state index in [-0.39, 0.29) is 17.5 Å². The molecular formula is C14H20O2. The standard InChI is InChI=1S/C14H20O2/c1-10-7-8-13(14(16)9-10)11(2)5-4-6-12(3)15/h4,6,9,11,13H,5,7-8H2,1-3H3/b6-4+/t11-,13-/m1/s1. The molecule has 0 heterocycles. The summed E-state index contributed by atoms with van der Waals surface area (Å²) in [7, 11) is 0. The Morgan fingerprint density at radius 1 is 1.62 bits per heavy atom. The van der Waals surface area contributed by atoms with Crippen molar-refractivity contribution < 1.29 is 9.59 Å². The van der Waals surface area contributed by atoms with Gasteiger partial charge in [0.05, 0.1) is 0 Å². The molecule has 0 aromatic heterocycles. The second-order valence-corrected chi connectivity index (χ2v) is 4.76. The molecule has 0 fully saturated rings. The summed E-state index contributed by atoms with van der Waals surface area (Å²) in [6.45, 7) is 5.63. The monoisotopic (exact) mass is 220 g/mol. The molecular weight excluding hydrogens is 200 g/mol.